The zero-order chi connectivity index (χ0) is 4.71. The van der Waals surface area contributed by atoms with Crippen molar-refractivity contribution in [3.8, 4) is 0 Å². The molecule has 0 rings (SSSR count). The third kappa shape index (κ3) is 676. The molecule has 0 bridgehead atoms. The Hall–Kier alpha value is -0.141. The van der Waals surface area contributed by atoms with Crippen molar-refractivity contribution in [3.05, 3.63) is 0 Å². The topological polar surface area (TPSA) is 34.1 Å². The molecule has 0 amide bonds. The van der Waals surface area contributed by atoms with E-state index in [-0.39, 0.29) is 0 Å². The van der Waals surface area contributed by atoms with Crippen LogP contribution in [-0.2, 0) is 25.6 Å². The van der Waals surface area contributed by atoms with Gasteiger partial charge in [0.15, 0.2) is 0 Å². The molecule has 0 unspecified atom stereocenters. The first kappa shape index (κ1) is 8.85. The molecule has 0 aliphatic rings. The number of hydrogen-bond donors (Lipinski definition) is 0. The van der Waals surface area contributed by atoms with Crippen LogP contribution in [0, 0.1) is 0 Å². The Morgan fingerprint density at radius 2 is 1.60 bits per heavy atom. The Morgan fingerprint density at radius 1 is 1.60 bits per heavy atom. The van der Waals surface area contributed by atoms with Crippen molar-refractivity contribution in [3.63, 3.8) is 0 Å². The van der Waals surface area contributed by atoms with Gasteiger partial charge in [0, 0.05) is 0 Å². The first-order valence-electron chi connectivity index (χ1n) is 0.743. The molecule has 0 saturated carbocycles. The minimum absolute atomic E-state index is 0.562. The molecule has 0 radical (unpaired) electrons. The van der Waals surface area contributed by atoms with Crippen molar-refractivity contribution >= 4 is 12.0 Å². The van der Waals surface area contributed by atoms with Gasteiger partial charge in [-0.05, 0) is 0 Å². The third-order valence-corrected chi connectivity index (χ3v) is 0. The molecular formula is C2H3MnO2. The van der Waals surface area contributed by atoms with E-state index in [4.69, 9.17) is 9.59 Å². The standard InChI is InChI=1S/CH2O.CHO.Mn/c2*1-2;/h1H2;1H;. The molecule has 0 N–H and O–H groups in total. The van der Waals surface area contributed by atoms with Crippen molar-refractivity contribution in [2.45, 2.75) is 0 Å². The summed E-state index contributed by atoms with van der Waals surface area (Å²) < 4.78 is 0. The molecule has 0 atom stereocenters. The monoisotopic (exact) mass is 114 g/mol. The van der Waals surface area contributed by atoms with E-state index in [0.29, 0.717) is 5.18 Å². The fraction of sp³-hybridized carbons (Fsp3) is 0. The van der Waals surface area contributed by atoms with Gasteiger partial charge in [-0.1, -0.05) is 0 Å². The van der Waals surface area contributed by atoms with Gasteiger partial charge >= 0.3 is 26.0 Å². The van der Waals surface area contributed by atoms with Gasteiger partial charge in [0.05, 0.1) is 0 Å². The van der Waals surface area contributed by atoms with Crippen LogP contribution in [0.5, 0.6) is 0 Å². The predicted molar refractivity (Wildman–Crippen MR) is 13.9 cm³/mol. The van der Waals surface area contributed by atoms with Crippen LogP contribution >= 0.6 is 0 Å². The molecule has 0 aliphatic carbocycles. The molecule has 0 spiro atoms. The Kier molecular flexibility index (Phi) is 75.6. The van der Waals surface area contributed by atoms with Gasteiger partial charge in [0.1, 0.15) is 6.79 Å². The van der Waals surface area contributed by atoms with Gasteiger partial charge in [-0.25, -0.2) is 0 Å². The molecule has 0 aliphatic heterocycles. The van der Waals surface area contributed by atoms with Crippen LogP contribution in [-0.4, -0.2) is 12.0 Å². The van der Waals surface area contributed by atoms with Crippen LogP contribution in [0.25, 0.3) is 0 Å². The van der Waals surface area contributed by atoms with E-state index in [0.717, 1.165) is 0 Å². The second-order valence-electron chi connectivity index (χ2n) is 0.0891. The van der Waals surface area contributed by atoms with Crippen LogP contribution in [0.1, 0.15) is 0 Å². The van der Waals surface area contributed by atoms with Crippen LogP contribution in [0.15, 0.2) is 0 Å². The van der Waals surface area contributed by atoms with Crippen LogP contribution in [0.3, 0.4) is 0 Å². The molecule has 3 heteroatoms. The summed E-state index contributed by atoms with van der Waals surface area (Å²) in [6, 6.07) is 0. The molecule has 0 aromatic rings. The summed E-state index contributed by atoms with van der Waals surface area (Å²) in [5.41, 5.74) is 0. The summed E-state index contributed by atoms with van der Waals surface area (Å²) in [7, 11) is 0. The van der Waals surface area contributed by atoms with E-state index in [2.05, 4.69) is 16.0 Å². The van der Waals surface area contributed by atoms with Crippen molar-refractivity contribution < 1.29 is 25.6 Å². The third-order valence-electron chi connectivity index (χ3n) is 0. The summed E-state index contributed by atoms with van der Waals surface area (Å²) >= 11 is 2.47. The van der Waals surface area contributed by atoms with Crippen molar-refractivity contribution in [1.29, 1.82) is 0 Å². The van der Waals surface area contributed by atoms with Gasteiger partial charge in [0.25, 0.3) is 0 Å². The van der Waals surface area contributed by atoms with E-state index in [1.54, 1.807) is 0 Å². The first-order chi connectivity index (χ1) is 2.41. The average molecular weight is 114 g/mol. The van der Waals surface area contributed by atoms with Crippen molar-refractivity contribution in [1.82, 2.24) is 0 Å². The Morgan fingerprint density at radius 3 is 1.60 bits per heavy atom. The van der Waals surface area contributed by atoms with E-state index in [9.17, 15) is 0 Å². The van der Waals surface area contributed by atoms with Gasteiger partial charge in [-0.3, -0.25) is 0 Å². The van der Waals surface area contributed by atoms with Crippen LogP contribution in [0.4, 0.5) is 0 Å². The number of carbonyl (C=O) groups is 2. The fourth-order valence-corrected chi connectivity index (χ4v) is 0. The summed E-state index contributed by atoms with van der Waals surface area (Å²) in [6.07, 6.45) is 0. The Labute approximate surface area is 38.4 Å². The normalized spacial score (nSPS) is 3.40. The van der Waals surface area contributed by atoms with Gasteiger partial charge in [0.2, 0.25) is 0 Å². The molecular weight excluding hydrogens is 111 g/mol. The molecule has 2 nitrogen and oxygen atoms in total. The molecule has 0 aromatic heterocycles. The zero-order valence-electron chi connectivity index (χ0n) is 2.48. The molecule has 30 valence electrons. The molecule has 0 aromatic carbocycles. The average Bonchev–Trinajstić information content (AvgIpc) is 1.46. The van der Waals surface area contributed by atoms with Gasteiger partial charge in [-0.2, -0.15) is 0 Å². The second kappa shape index (κ2) is 42.7. The molecule has 0 fully saturated rings. The summed E-state index contributed by atoms with van der Waals surface area (Å²) in [6.45, 7) is 2.00. The SMILES string of the molecule is C=O.O=[CH][Mn]. The quantitative estimate of drug-likeness (QED) is 0.315. The van der Waals surface area contributed by atoms with E-state index in [1.807, 2.05) is 6.79 Å². The minimum atomic E-state index is 0.562. The molecule has 0 heterocycles. The van der Waals surface area contributed by atoms with Crippen molar-refractivity contribution in [2.75, 3.05) is 0 Å². The molecule has 0 saturated heterocycles. The summed E-state index contributed by atoms with van der Waals surface area (Å²) in [5.74, 6) is 0. The van der Waals surface area contributed by atoms with E-state index >= 15 is 0 Å². The van der Waals surface area contributed by atoms with Crippen molar-refractivity contribution in [2.24, 2.45) is 0 Å². The maximum absolute atomic E-state index is 8.72. The summed E-state index contributed by atoms with van der Waals surface area (Å²) in [5, 5.41) is 0.562. The van der Waals surface area contributed by atoms with Gasteiger partial charge < -0.3 is 4.79 Å². The van der Waals surface area contributed by atoms with E-state index < -0.39 is 0 Å². The predicted octanol–water partition coefficient (Wildman–Crippen LogP) is -0.461. The number of hydrogen-bond acceptors (Lipinski definition) is 2. The van der Waals surface area contributed by atoms with E-state index in [1.165, 1.54) is 0 Å². The van der Waals surface area contributed by atoms with Gasteiger partial charge in [-0.15, -0.1) is 0 Å². The first-order valence-corrected chi connectivity index (χ1v) is 1.42. The Bertz CT molecular complexity index is 21.6. The van der Waals surface area contributed by atoms with Crippen LogP contribution < -0.4 is 0 Å². The second-order valence-corrected chi connectivity index (χ2v) is 0.367. The van der Waals surface area contributed by atoms with Crippen LogP contribution in [0.2, 0.25) is 0 Å². The zero-order valence-corrected chi connectivity index (χ0v) is 3.66. The molecule has 5 heavy (non-hydrogen) atoms. The fourth-order valence-electron chi connectivity index (χ4n) is 0. The summed E-state index contributed by atoms with van der Waals surface area (Å²) in [4.78, 5) is 16.7. The Balaban J connectivity index is 0. The maximum atomic E-state index is 8.72. The number of carbonyl (C=O) groups excluding carboxylic acids is 2. The number of rotatable bonds is 0.